The van der Waals surface area contributed by atoms with Gasteiger partial charge in [-0.2, -0.15) is 0 Å². The molecule has 0 aliphatic heterocycles. The van der Waals surface area contributed by atoms with E-state index in [1.165, 1.54) is 0 Å². The highest BCUT2D eigenvalue weighted by molar-refractivity contribution is 4.39. The van der Waals surface area contributed by atoms with Crippen molar-refractivity contribution in [2.45, 2.75) is 33.3 Å². The molecule has 0 aromatic rings. The van der Waals surface area contributed by atoms with Gasteiger partial charge in [-0.25, -0.2) is 9.78 Å². The predicted octanol–water partition coefficient (Wildman–Crippen LogP) is 1.73. The third kappa shape index (κ3) is 6.01. The Morgan fingerprint density at radius 3 is 2.40 bits per heavy atom. The van der Waals surface area contributed by atoms with Crippen LogP contribution >= 0.6 is 0 Å². The Morgan fingerprint density at radius 2 is 1.90 bits per heavy atom. The van der Waals surface area contributed by atoms with E-state index in [4.69, 9.17) is 4.74 Å². The summed E-state index contributed by atoms with van der Waals surface area (Å²) < 4.78 is 5.15. The summed E-state index contributed by atoms with van der Waals surface area (Å²) in [6, 6.07) is 0. The third-order valence-corrected chi connectivity index (χ3v) is 1.18. The fourth-order valence-corrected chi connectivity index (χ4v) is 0.379. The molecule has 0 aromatic heterocycles. The van der Waals surface area contributed by atoms with Gasteiger partial charge in [0.25, 0.3) is 0 Å². The predicted molar refractivity (Wildman–Crippen MR) is 38.4 cm³/mol. The van der Waals surface area contributed by atoms with E-state index >= 15 is 0 Å². The SMILES string of the molecule is CCOOCOC(C)CC. The Balaban J connectivity index is 2.89. The topological polar surface area (TPSA) is 27.7 Å². The van der Waals surface area contributed by atoms with Gasteiger partial charge in [-0.3, -0.25) is 0 Å². The van der Waals surface area contributed by atoms with Crippen LogP contribution in [0.2, 0.25) is 0 Å². The van der Waals surface area contributed by atoms with Crippen molar-refractivity contribution in [3.63, 3.8) is 0 Å². The molecule has 0 saturated heterocycles. The first kappa shape index (κ1) is 9.88. The standard InChI is InChI=1S/C7H16O3/c1-4-7(3)8-6-10-9-5-2/h7H,4-6H2,1-3H3. The number of hydrogen-bond donors (Lipinski definition) is 0. The van der Waals surface area contributed by atoms with Crippen molar-refractivity contribution in [2.75, 3.05) is 13.4 Å². The number of hydrogen-bond acceptors (Lipinski definition) is 3. The second kappa shape index (κ2) is 6.99. The molecule has 0 aromatic carbocycles. The zero-order valence-electron chi connectivity index (χ0n) is 6.92. The zero-order chi connectivity index (χ0) is 7.82. The molecule has 0 heterocycles. The average Bonchev–Trinajstić information content (AvgIpc) is 1.98. The van der Waals surface area contributed by atoms with Crippen LogP contribution in [0, 0.1) is 0 Å². The van der Waals surface area contributed by atoms with Crippen LogP contribution in [0.15, 0.2) is 0 Å². The lowest BCUT2D eigenvalue weighted by molar-refractivity contribution is -0.338. The van der Waals surface area contributed by atoms with Gasteiger partial charge in [0, 0.05) is 0 Å². The molecule has 0 N–H and O–H groups in total. The van der Waals surface area contributed by atoms with Crippen LogP contribution < -0.4 is 0 Å². The summed E-state index contributed by atoms with van der Waals surface area (Å²) in [6.45, 7) is 6.70. The molecule has 0 saturated carbocycles. The fourth-order valence-electron chi connectivity index (χ4n) is 0.379. The minimum absolute atomic E-state index is 0.225. The fraction of sp³-hybridized carbons (Fsp3) is 1.00. The highest BCUT2D eigenvalue weighted by Crippen LogP contribution is 1.95. The summed E-state index contributed by atoms with van der Waals surface area (Å²) in [6.07, 6.45) is 1.25. The van der Waals surface area contributed by atoms with Crippen molar-refractivity contribution in [1.82, 2.24) is 0 Å². The molecular weight excluding hydrogens is 132 g/mol. The molecule has 0 radical (unpaired) electrons. The van der Waals surface area contributed by atoms with Crippen molar-refractivity contribution < 1.29 is 14.5 Å². The molecule has 0 fully saturated rings. The maximum Gasteiger partial charge on any atom is 0.181 e. The maximum atomic E-state index is 5.15. The Hall–Kier alpha value is -0.120. The summed E-state index contributed by atoms with van der Waals surface area (Å²) >= 11 is 0. The maximum absolute atomic E-state index is 5.15. The molecule has 62 valence electrons. The normalized spacial score (nSPS) is 13.5. The van der Waals surface area contributed by atoms with Crippen LogP contribution in [-0.4, -0.2) is 19.5 Å². The lowest BCUT2D eigenvalue weighted by Gasteiger charge is -2.08. The van der Waals surface area contributed by atoms with Crippen LogP contribution in [0.5, 0.6) is 0 Å². The van der Waals surface area contributed by atoms with Crippen molar-refractivity contribution in [3.8, 4) is 0 Å². The van der Waals surface area contributed by atoms with E-state index in [2.05, 4.69) is 16.7 Å². The van der Waals surface area contributed by atoms with Crippen LogP contribution in [0.4, 0.5) is 0 Å². The molecule has 3 nitrogen and oxygen atoms in total. The number of rotatable bonds is 6. The Bertz CT molecular complexity index is 65.9. The van der Waals surface area contributed by atoms with Crippen LogP contribution in [0.3, 0.4) is 0 Å². The van der Waals surface area contributed by atoms with E-state index in [9.17, 15) is 0 Å². The Kier molecular flexibility index (Phi) is 6.91. The highest BCUT2D eigenvalue weighted by Gasteiger charge is 1.96. The molecule has 0 spiro atoms. The van der Waals surface area contributed by atoms with Crippen molar-refractivity contribution in [2.24, 2.45) is 0 Å². The molecule has 1 atom stereocenters. The second-order valence-electron chi connectivity index (χ2n) is 2.03. The van der Waals surface area contributed by atoms with E-state index in [0.717, 1.165) is 6.42 Å². The summed E-state index contributed by atoms with van der Waals surface area (Å²) in [4.78, 5) is 9.24. The summed E-state index contributed by atoms with van der Waals surface area (Å²) in [5, 5.41) is 0. The van der Waals surface area contributed by atoms with E-state index in [1.807, 2.05) is 13.8 Å². The number of ether oxygens (including phenoxy) is 1. The third-order valence-electron chi connectivity index (χ3n) is 1.18. The van der Waals surface area contributed by atoms with Gasteiger partial charge < -0.3 is 4.74 Å². The molecule has 1 unspecified atom stereocenters. The van der Waals surface area contributed by atoms with Crippen LogP contribution in [0.25, 0.3) is 0 Å². The van der Waals surface area contributed by atoms with E-state index in [0.29, 0.717) is 6.61 Å². The Morgan fingerprint density at radius 1 is 1.20 bits per heavy atom. The van der Waals surface area contributed by atoms with Crippen LogP contribution in [0.1, 0.15) is 27.2 Å². The average molecular weight is 148 g/mol. The van der Waals surface area contributed by atoms with Gasteiger partial charge in [0.2, 0.25) is 0 Å². The van der Waals surface area contributed by atoms with Crippen LogP contribution in [-0.2, 0) is 14.5 Å². The first-order valence-corrected chi connectivity index (χ1v) is 3.67. The van der Waals surface area contributed by atoms with Gasteiger partial charge in [0.05, 0.1) is 12.7 Å². The zero-order valence-corrected chi connectivity index (χ0v) is 6.92. The summed E-state index contributed by atoms with van der Waals surface area (Å²) in [7, 11) is 0. The largest absolute Gasteiger partial charge is 0.349 e. The molecule has 0 amide bonds. The van der Waals surface area contributed by atoms with Crippen molar-refractivity contribution in [1.29, 1.82) is 0 Å². The summed E-state index contributed by atoms with van der Waals surface area (Å²) in [5.41, 5.74) is 0. The van der Waals surface area contributed by atoms with Gasteiger partial charge in [-0.15, -0.1) is 0 Å². The molecule has 3 heteroatoms. The van der Waals surface area contributed by atoms with Crippen molar-refractivity contribution >= 4 is 0 Å². The molecule has 0 rings (SSSR count). The Labute approximate surface area is 62.2 Å². The van der Waals surface area contributed by atoms with Gasteiger partial charge in [0.15, 0.2) is 6.79 Å². The van der Waals surface area contributed by atoms with Crippen molar-refractivity contribution in [3.05, 3.63) is 0 Å². The smallest absolute Gasteiger partial charge is 0.181 e. The molecule has 0 aliphatic rings. The van der Waals surface area contributed by atoms with Gasteiger partial charge in [-0.05, 0) is 20.3 Å². The van der Waals surface area contributed by atoms with E-state index in [-0.39, 0.29) is 12.9 Å². The van der Waals surface area contributed by atoms with Gasteiger partial charge in [0.1, 0.15) is 0 Å². The first-order valence-electron chi connectivity index (χ1n) is 3.67. The van der Waals surface area contributed by atoms with Gasteiger partial charge >= 0.3 is 0 Å². The minimum Gasteiger partial charge on any atom is -0.349 e. The minimum atomic E-state index is 0.225. The second-order valence-corrected chi connectivity index (χ2v) is 2.03. The van der Waals surface area contributed by atoms with E-state index < -0.39 is 0 Å². The molecule has 10 heavy (non-hydrogen) atoms. The quantitative estimate of drug-likeness (QED) is 0.248. The highest BCUT2D eigenvalue weighted by atomic mass is 17.2. The monoisotopic (exact) mass is 148 g/mol. The molecule has 0 aliphatic carbocycles. The van der Waals surface area contributed by atoms with E-state index in [1.54, 1.807) is 0 Å². The first-order chi connectivity index (χ1) is 4.81. The lowest BCUT2D eigenvalue weighted by Crippen LogP contribution is -2.10. The molecular formula is C7H16O3. The molecule has 0 bridgehead atoms. The summed E-state index contributed by atoms with van der Waals surface area (Å²) in [5.74, 6) is 0. The lowest BCUT2D eigenvalue weighted by atomic mass is 10.3. The van der Waals surface area contributed by atoms with Gasteiger partial charge in [-0.1, -0.05) is 6.92 Å².